The van der Waals surface area contributed by atoms with Crippen molar-refractivity contribution in [3.05, 3.63) is 65.7 Å². The molecule has 6 nitrogen and oxygen atoms in total. The number of hydrogen-bond donors (Lipinski definition) is 2. The van der Waals surface area contributed by atoms with Crippen molar-refractivity contribution >= 4 is 22.8 Å². The van der Waals surface area contributed by atoms with E-state index in [1.807, 2.05) is 31.2 Å². The maximum Gasteiger partial charge on any atom is 0.240 e. The fourth-order valence-corrected chi connectivity index (χ4v) is 2.96. The van der Waals surface area contributed by atoms with E-state index in [1.54, 1.807) is 16.7 Å². The summed E-state index contributed by atoms with van der Waals surface area (Å²) in [5.74, 6) is -0.0597. The van der Waals surface area contributed by atoms with Gasteiger partial charge in [-0.15, -0.1) is 0 Å². The first-order valence-electron chi connectivity index (χ1n) is 8.67. The van der Waals surface area contributed by atoms with Crippen LogP contribution < -0.4 is 10.6 Å². The van der Waals surface area contributed by atoms with E-state index in [9.17, 15) is 14.0 Å². The van der Waals surface area contributed by atoms with Crippen LogP contribution in [0.5, 0.6) is 0 Å². The second kappa shape index (κ2) is 7.99. The second-order valence-corrected chi connectivity index (χ2v) is 6.37. The maximum absolute atomic E-state index is 13.0. The largest absolute Gasteiger partial charge is 0.350 e. The van der Waals surface area contributed by atoms with E-state index in [4.69, 9.17) is 0 Å². The molecule has 3 rings (SSSR count). The summed E-state index contributed by atoms with van der Waals surface area (Å²) in [6.07, 6.45) is 0. The highest BCUT2D eigenvalue weighted by Gasteiger charge is 2.19. The smallest absolute Gasteiger partial charge is 0.240 e. The van der Waals surface area contributed by atoms with E-state index in [1.165, 1.54) is 19.1 Å². The highest BCUT2D eigenvalue weighted by atomic mass is 19.1. The predicted octanol–water partition coefficient (Wildman–Crippen LogP) is 2.69. The zero-order chi connectivity index (χ0) is 19.4. The first kappa shape index (κ1) is 18.6. The van der Waals surface area contributed by atoms with Crippen molar-refractivity contribution in [3.63, 3.8) is 0 Å². The zero-order valence-electron chi connectivity index (χ0n) is 15.2. The number of carbonyl (C=O) groups excluding carboxylic acids is 2. The predicted molar refractivity (Wildman–Crippen MR) is 100 cm³/mol. The molecule has 2 amide bonds. The molecule has 3 aromatic rings. The molecule has 7 heteroatoms. The maximum atomic E-state index is 13.0. The summed E-state index contributed by atoms with van der Waals surface area (Å²) < 4.78 is 14.8. The summed E-state index contributed by atoms with van der Waals surface area (Å²) in [5, 5.41) is 5.64. The van der Waals surface area contributed by atoms with Crippen LogP contribution in [-0.2, 0) is 22.7 Å². The molecule has 27 heavy (non-hydrogen) atoms. The first-order chi connectivity index (χ1) is 12.9. The molecule has 1 aromatic heterocycles. The lowest BCUT2D eigenvalue weighted by Crippen LogP contribution is -2.30. The van der Waals surface area contributed by atoms with E-state index in [-0.39, 0.29) is 30.2 Å². The lowest BCUT2D eigenvalue weighted by atomic mass is 10.2. The topological polar surface area (TPSA) is 76.0 Å². The number of benzene rings is 2. The quantitative estimate of drug-likeness (QED) is 0.702. The molecule has 140 valence electrons. The molecule has 0 aliphatic carbocycles. The van der Waals surface area contributed by atoms with Crippen molar-refractivity contribution in [1.82, 2.24) is 20.2 Å². The molecular weight excluding hydrogens is 347 g/mol. The summed E-state index contributed by atoms with van der Waals surface area (Å²) in [6, 6.07) is 13.2. The Kier molecular flexibility index (Phi) is 5.49. The van der Waals surface area contributed by atoms with Crippen molar-refractivity contribution in [2.75, 3.05) is 0 Å². The fraction of sp³-hybridized carbons (Fsp3) is 0.250. The third-order valence-electron chi connectivity index (χ3n) is 4.20. The van der Waals surface area contributed by atoms with Crippen LogP contribution in [0.25, 0.3) is 11.0 Å². The standard InChI is InChI=1S/C20H21FN4O2/c1-13(23-14(2)26)20-24-17-5-3-4-6-18(17)25(20)12-19(27)22-11-15-7-9-16(21)10-8-15/h3-10,13H,11-12H2,1-2H3,(H,22,27)(H,23,26). The SMILES string of the molecule is CC(=O)NC(C)c1nc2ccccc2n1CC(=O)NCc1ccc(F)cc1. The van der Waals surface area contributed by atoms with E-state index in [0.717, 1.165) is 16.6 Å². The second-order valence-electron chi connectivity index (χ2n) is 6.37. The number of carbonyl (C=O) groups is 2. The van der Waals surface area contributed by atoms with Crippen molar-refractivity contribution < 1.29 is 14.0 Å². The summed E-state index contributed by atoms with van der Waals surface area (Å²) in [7, 11) is 0. The third-order valence-corrected chi connectivity index (χ3v) is 4.20. The van der Waals surface area contributed by atoms with Gasteiger partial charge in [0.15, 0.2) is 0 Å². The van der Waals surface area contributed by atoms with Crippen LogP contribution in [0.2, 0.25) is 0 Å². The number of fused-ring (bicyclic) bond motifs is 1. The molecule has 0 radical (unpaired) electrons. The summed E-state index contributed by atoms with van der Waals surface area (Å²) in [5.41, 5.74) is 2.39. The molecule has 1 atom stereocenters. The Labute approximate surface area is 156 Å². The average Bonchev–Trinajstić information content (AvgIpc) is 2.99. The van der Waals surface area contributed by atoms with Gasteiger partial charge in [0.05, 0.1) is 17.1 Å². The van der Waals surface area contributed by atoms with E-state index < -0.39 is 0 Å². The van der Waals surface area contributed by atoms with Crippen LogP contribution in [0.4, 0.5) is 4.39 Å². The van der Waals surface area contributed by atoms with Gasteiger partial charge in [0.25, 0.3) is 0 Å². The number of halogens is 1. The summed E-state index contributed by atoms with van der Waals surface area (Å²) in [6.45, 7) is 3.65. The van der Waals surface area contributed by atoms with Crippen molar-refractivity contribution in [1.29, 1.82) is 0 Å². The Bertz CT molecular complexity index is 966. The Morgan fingerprint density at radius 3 is 2.56 bits per heavy atom. The van der Waals surface area contributed by atoms with Crippen LogP contribution in [0.15, 0.2) is 48.5 Å². The monoisotopic (exact) mass is 368 g/mol. The van der Waals surface area contributed by atoms with Crippen LogP contribution in [0.3, 0.4) is 0 Å². The van der Waals surface area contributed by atoms with Crippen molar-refractivity contribution in [2.24, 2.45) is 0 Å². The molecule has 2 N–H and O–H groups in total. The zero-order valence-corrected chi connectivity index (χ0v) is 15.2. The van der Waals surface area contributed by atoms with Crippen molar-refractivity contribution in [3.8, 4) is 0 Å². The Hall–Kier alpha value is -3.22. The molecule has 1 unspecified atom stereocenters. The van der Waals surface area contributed by atoms with Crippen molar-refractivity contribution in [2.45, 2.75) is 33.0 Å². The third kappa shape index (κ3) is 4.49. The van der Waals surface area contributed by atoms with Crippen LogP contribution in [0, 0.1) is 5.82 Å². The van der Waals surface area contributed by atoms with Crippen LogP contribution in [0.1, 0.15) is 31.3 Å². The molecule has 0 spiro atoms. The highest BCUT2D eigenvalue weighted by Crippen LogP contribution is 2.20. The minimum absolute atomic E-state index is 0.0704. The molecule has 0 fully saturated rings. The van der Waals surface area contributed by atoms with Gasteiger partial charge < -0.3 is 15.2 Å². The molecular formula is C20H21FN4O2. The molecule has 1 heterocycles. The van der Waals surface area contributed by atoms with Gasteiger partial charge in [0.1, 0.15) is 18.2 Å². The van der Waals surface area contributed by atoms with Gasteiger partial charge in [-0.1, -0.05) is 24.3 Å². The molecule has 0 bridgehead atoms. The van der Waals surface area contributed by atoms with Crippen LogP contribution in [-0.4, -0.2) is 21.4 Å². The number of para-hydroxylation sites is 2. The van der Waals surface area contributed by atoms with Gasteiger partial charge in [0.2, 0.25) is 11.8 Å². The minimum Gasteiger partial charge on any atom is -0.350 e. The first-order valence-corrected chi connectivity index (χ1v) is 8.67. The van der Waals surface area contributed by atoms with Gasteiger partial charge >= 0.3 is 0 Å². The number of aromatic nitrogens is 2. The van der Waals surface area contributed by atoms with Gasteiger partial charge in [0, 0.05) is 13.5 Å². The Balaban J connectivity index is 1.78. The number of amides is 2. The number of hydrogen-bond acceptors (Lipinski definition) is 3. The van der Waals surface area contributed by atoms with E-state index >= 15 is 0 Å². The Morgan fingerprint density at radius 2 is 1.85 bits per heavy atom. The molecule has 0 saturated heterocycles. The minimum atomic E-state index is -0.334. The van der Waals surface area contributed by atoms with Crippen LogP contribution >= 0.6 is 0 Å². The number of rotatable bonds is 6. The van der Waals surface area contributed by atoms with E-state index in [2.05, 4.69) is 15.6 Å². The molecule has 0 aliphatic heterocycles. The average molecular weight is 368 g/mol. The highest BCUT2D eigenvalue weighted by molar-refractivity contribution is 5.81. The number of nitrogens with zero attached hydrogens (tertiary/aromatic N) is 2. The Morgan fingerprint density at radius 1 is 1.15 bits per heavy atom. The summed E-state index contributed by atoms with van der Waals surface area (Å²) >= 11 is 0. The fourth-order valence-electron chi connectivity index (χ4n) is 2.96. The molecule has 0 aliphatic rings. The number of nitrogens with one attached hydrogen (secondary N) is 2. The van der Waals surface area contributed by atoms with Gasteiger partial charge in [-0.3, -0.25) is 9.59 Å². The number of imidazole rings is 1. The molecule has 0 saturated carbocycles. The lowest BCUT2D eigenvalue weighted by Gasteiger charge is -2.15. The van der Waals surface area contributed by atoms with Gasteiger partial charge in [-0.25, -0.2) is 9.37 Å². The van der Waals surface area contributed by atoms with Gasteiger partial charge in [-0.05, 0) is 36.8 Å². The van der Waals surface area contributed by atoms with Gasteiger partial charge in [-0.2, -0.15) is 0 Å². The normalized spacial score (nSPS) is 12.0. The lowest BCUT2D eigenvalue weighted by molar-refractivity contribution is -0.121. The summed E-state index contributed by atoms with van der Waals surface area (Å²) in [4.78, 5) is 28.4. The molecule has 2 aromatic carbocycles. The van der Waals surface area contributed by atoms with E-state index in [0.29, 0.717) is 12.4 Å².